The van der Waals surface area contributed by atoms with Crippen LogP contribution < -0.4 is 10.5 Å². The van der Waals surface area contributed by atoms with Crippen molar-refractivity contribution in [3.8, 4) is 11.4 Å². The summed E-state index contributed by atoms with van der Waals surface area (Å²) >= 11 is 0. The van der Waals surface area contributed by atoms with Crippen LogP contribution in [-0.2, 0) is 0 Å². The maximum absolute atomic E-state index is 6.28. The van der Waals surface area contributed by atoms with E-state index in [1.54, 1.807) is 7.11 Å². The molecule has 0 saturated carbocycles. The molecule has 1 unspecified atom stereocenters. The van der Waals surface area contributed by atoms with Crippen LogP contribution in [0, 0.1) is 0 Å². The van der Waals surface area contributed by atoms with Gasteiger partial charge in [-0.2, -0.15) is 5.10 Å². The summed E-state index contributed by atoms with van der Waals surface area (Å²) in [6, 6.07) is 19.4. The predicted molar refractivity (Wildman–Crippen MR) is 82.6 cm³/mol. The van der Waals surface area contributed by atoms with Gasteiger partial charge in [-0.25, -0.2) is 4.68 Å². The number of aromatic nitrogens is 2. The van der Waals surface area contributed by atoms with E-state index in [1.165, 1.54) is 0 Å². The summed E-state index contributed by atoms with van der Waals surface area (Å²) in [5, 5.41) is 4.56. The third-order valence-electron chi connectivity index (χ3n) is 3.42. The maximum Gasteiger partial charge on any atom is 0.118 e. The normalized spacial score (nSPS) is 12.1. The summed E-state index contributed by atoms with van der Waals surface area (Å²) in [5.41, 5.74) is 9.15. The molecular weight excluding hydrogens is 262 g/mol. The van der Waals surface area contributed by atoms with Crippen molar-refractivity contribution in [1.82, 2.24) is 9.78 Å². The number of ether oxygens (including phenoxy) is 1. The van der Waals surface area contributed by atoms with Crippen LogP contribution in [0.2, 0.25) is 0 Å². The standard InChI is InChI=1S/C17H17N3O/c1-21-15-9-7-13(8-10-15)17(18)16-11-12-20(19-16)14-5-3-2-4-6-14/h2-12,17H,18H2,1H3. The number of methoxy groups -OCH3 is 1. The first kappa shape index (κ1) is 13.4. The number of rotatable bonds is 4. The molecule has 1 aromatic heterocycles. The Morgan fingerprint density at radius 2 is 1.71 bits per heavy atom. The minimum atomic E-state index is -0.249. The molecule has 0 fully saturated rings. The van der Waals surface area contributed by atoms with Crippen LogP contribution in [-0.4, -0.2) is 16.9 Å². The summed E-state index contributed by atoms with van der Waals surface area (Å²) < 4.78 is 6.99. The third-order valence-corrected chi connectivity index (χ3v) is 3.42. The molecule has 0 bridgehead atoms. The Morgan fingerprint density at radius 3 is 2.38 bits per heavy atom. The van der Waals surface area contributed by atoms with E-state index in [2.05, 4.69) is 5.10 Å². The van der Waals surface area contributed by atoms with Crippen molar-refractivity contribution in [2.24, 2.45) is 5.73 Å². The second-order valence-corrected chi connectivity index (χ2v) is 4.77. The van der Waals surface area contributed by atoms with Gasteiger partial charge >= 0.3 is 0 Å². The first-order valence-electron chi connectivity index (χ1n) is 6.78. The van der Waals surface area contributed by atoms with Crippen molar-refractivity contribution in [1.29, 1.82) is 0 Å². The zero-order valence-electron chi connectivity index (χ0n) is 11.8. The van der Waals surface area contributed by atoms with E-state index in [1.807, 2.05) is 71.5 Å². The molecule has 0 aliphatic rings. The molecular formula is C17H17N3O. The minimum absolute atomic E-state index is 0.249. The van der Waals surface area contributed by atoms with Gasteiger partial charge in [-0.1, -0.05) is 30.3 Å². The lowest BCUT2D eigenvalue weighted by Gasteiger charge is -2.10. The van der Waals surface area contributed by atoms with Crippen LogP contribution >= 0.6 is 0 Å². The average Bonchev–Trinajstić information content (AvgIpc) is 3.05. The largest absolute Gasteiger partial charge is 0.497 e. The fraction of sp³-hybridized carbons (Fsp3) is 0.118. The van der Waals surface area contributed by atoms with Gasteiger partial charge in [-0.15, -0.1) is 0 Å². The first-order valence-corrected chi connectivity index (χ1v) is 6.78. The molecule has 0 saturated heterocycles. The van der Waals surface area contributed by atoms with Crippen molar-refractivity contribution >= 4 is 0 Å². The lowest BCUT2D eigenvalue weighted by molar-refractivity contribution is 0.414. The molecule has 3 rings (SSSR count). The van der Waals surface area contributed by atoms with Crippen LogP contribution in [0.15, 0.2) is 66.9 Å². The zero-order chi connectivity index (χ0) is 14.7. The third kappa shape index (κ3) is 2.80. The van der Waals surface area contributed by atoms with Gasteiger partial charge in [-0.05, 0) is 35.9 Å². The predicted octanol–water partition coefficient (Wildman–Crippen LogP) is 2.93. The van der Waals surface area contributed by atoms with Gasteiger partial charge in [-0.3, -0.25) is 0 Å². The maximum atomic E-state index is 6.28. The van der Waals surface area contributed by atoms with Crippen LogP contribution in [0.3, 0.4) is 0 Å². The number of para-hydroxylation sites is 1. The number of hydrogen-bond acceptors (Lipinski definition) is 3. The molecule has 0 spiro atoms. The lowest BCUT2D eigenvalue weighted by Crippen LogP contribution is -2.13. The Balaban J connectivity index is 1.85. The Labute approximate surface area is 123 Å². The Hall–Kier alpha value is -2.59. The van der Waals surface area contributed by atoms with Gasteiger partial charge in [0.1, 0.15) is 5.75 Å². The fourth-order valence-electron chi connectivity index (χ4n) is 2.21. The molecule has 3 aromatic rings. The number of nitrogens with zero attached hydrogens (tertiary/aromatic N) is 2. The summed E-state index contributed by atoms with van der Waals surface area (Å²) in [6.45, 7) is 0. The van der Waals surface area contributed by atoms with Crippen molar-refractivity contribution in [2.45, 2.75) is 6.04 Å². The van der Waals surface area contributed by atoms with Crippen molar-refractivity contribution < 1.29 is 4.74 Å². The van der Waals surface area contributed by atoms with Gasteiger partial charge in [0.25, 0.3) is 0 Å². The van der Waals surface area contributed by atoms with E-state index >= 15 is 0 Å². The molecule has 2 aromatic carbocycles. The molecule has 1 atom stereocenters. The highest BCUT2D eigenvalue weighted by Crippen LogP contribution is 2.21. The molecule has 106 valence electrons. The highest BCUT2D eigenvalue weighted by molar-refractivity contribution is 5.34. The van der Waals surface area contributed by atoms with Gasteiger partial charge in [0.15, 0.2) is 0 Å². The quantitative estimate of drug-likeness (QED) is 0.799. The van der Waals surface area contributed by atoms with Crippen molar-refractivity contribution in [3.05, 3.63) is 78.1 Å². The van der Waals surface area contributed by atoms with Gasteiger partial charge in [0.2, 0.25) is 0 Å². The van der Waals surface area contributed by atoms with Crippen molar-refractivity contribution in [3.63, 3.8) is 0 Å². The minimum Gasteiger partial charge on any atom is -0.497 e. The van der Waals surface area contributed by atoms with E-state index < -0.39 is 0 Å². The zero-order valence-corrected chi connectivity index (χ0v) is 11.8. The summed E-state index contributed by atoms with van der Waals surface area (Å²) in [4.78, 5) is 0. The van der Waals surface area contributed by atoms with Gasteiger partial charge in [0, 0.05) is 6.20 Å². The monoisotopic (exact) mass is 279 g/mol. The van der Waals surface area contributed by atoms with E-state index in [0.29, 0.717) is 0 Å². The lowest BCUT2D eigenvalue weighted by atomic mass is 10.1. The SMILES string of the molecule is COc1ccc(C(N)c2ccn(-c3ccccc3)n2)cc1. The van der Waals surface area contributed by atoms with E-state index in [9.17, 15) is 0 Å². The summed E-state index contributed by atoms with van der Waals surface area (Å²) in [5.74, 6) is 0.820. The summed E-state index contributed by atoms with van der Waals surface area (Å²) in [7, 11) is 1.65. The average molecular weight is 279 g/mol. The number of nitrogens with two attached hydrogens (primary N) is 1. The second-order valence-electron chi connectivity index (χ2n) is 4.77. The summed E-state index contributed by atoms with van der Waals surface area (Å²) in [6.07, 6.45) is 1.92. The molecule has 0 amide bonds. The fourth-order valence-corrected chi connectivity index (χ4v) is 2.21. The smallest absolute Gasteiger partial charge is 0.118 e. The molecule has 4 nitrogen and oxygen atoms in total. The Kier molecular flexibility index (Phi) is 3.71. The molecule has 0 radical (unpaired) electrons. The number of benzene rings is 2. The van der Waals surface area contributed by atoms with E-state index in [0.717, 1.165) is 22.7 Å². The Morgan fingerprint density at radius 1 is 1.00 bits per heavy atom. The van der Waals surface area contributed by atoms with E-state index in [4.69, 9.17) is 10.5 Å². The van der Waals surface area contributed by atoms with Crippen LogP contribution in [0.25, 0.3) is 5.69 Å². The Bertz CT molecular complexity index is 704. The molecule has 2 N–H and O–H groups in total. The number of hydrogen-bond donors (Lipinski definition) is 1. The molecule has 1 heterocycles. The second kappa shape index (κ2) is 5.81. The van der Waals surface area contributed by atoms with Crippen LogP contribution in [0.5, 0.6) is 5.75 Å². The van der Waals surface area contributed by atoms with Crippen LogP contribution in [0.1, 0.15) is 17.3 Å². The molecule has 21 heavy (non-hydrogen) atoms. The highest BCUT2D eigenvalue weighted by atomic mass is 16.5. The first-order chi connectivity index (χ1) is 10.3. The van der Waals surface area contributed by atoms with Crippen molar-refractivity contribution in [2.75, 3.05) is 7.11 Å². The topological polar surface area (TPSA) is 53.1 Å². The van der Waals surface area contributed by atoms with E-state index in [-0.39, 0.29) is 6.04 Å². The molecule has 0 aliphatic heterocycles. The highest BCUT2D eigenvalue weighted by Gasteiger charge is 2.12. The molecule has 4 heteroatoms. The van der Waals surface area contributed by atoms with Gasteiger partial charge in [0.05, 0.1) is 24.5 Å². The van der Waals surface area contributed by atoms with Gasteiger partial charge < -0.3 is 10.5 Å². The molecule has 0 aliphatic carbocycles. The van der Waals surface area contributed by atoms with Crippen LogP contribution in [0.4, 0.5) is 0 Å².